The molecule has 0 aliphatic heterocycles. The Kier molecular flexibility index (Phi) is 5.34. The van der Waals surface area contributed by atoms with Gasteiger partial charge < -0.3 is 9.88 Å². The van der Waals surface area contributed by atoms with Crippen molar-refractivity contribution >= 4 is 11.6 Å². The third-order valence-electron chi connectivity index (χ3n) is 4.41. The number of nitrogens with one attached hydrogen (secondary N) is 1. The van der Waals surface area contributed by atoms with E-state index in [4.69, 9.17) is 0 Å². The van der Waals surface area contributed by atoms with Gasteiger partial charge in [0.2, 0.25) is 5.91 Å². The van der Waals surface area contributed by atoms with E-state index in [0.29, 0.717) is 12.3 Å². The molecule has 1 N–H and O–H groups in total. The number of nitrogens with zero attached hydrogens (tertiary/aromatic N) is 1. The lowest BCUT2D eigenvalue weighted by Gasteiger charge is -2.19. The molecule has 25 heavy (non-hydrogen) atoms. The molecule has 1 amide bonds. The van der Waals surface area contributed by atoms with Crippen LogP contribution < -0.4 is 5.32 Å². The van der Waals surface area contributed by atoms with Gasteiger partial charge in [-0.2, -0.15) is 0 Å². The summed E-state index contributed by atoms with van der Waals surface area (Å²) in [6, 6.07) is 21.8. The van der Waals surface area contributed by atoms with Crippen molar-refractivity contribution in [3.05, 3.63) is 90.3 Å². The molecule has 3 nitrogen and oxygen atoms in total. The SMILES string of the molecule is CC(C)c1ccc(NC(=O)[C@@H](Cc2ccccc2)n2cccc2)cc1. The van der Waals surface area contributed by atoms with Gasteiger partial charge in [-0.05, 0) is 41.3 Å². The molecule has 3 rings (SSSR count). The summed E-state index contributed by atoms with van der Waals surface area (Å²) < 4.78 is 1.96. The number of aromatic nitrogens is 1. The first-order chi connectivity index (χ1) is 12.1. The maximum Gasteiger partial charge on any atom is 0.247 e. The van der Waals surface area contributed by atoms with Gasteiger partial charge >= 0.3 is 0 Å². The normalized spacial score (nSPS) is 12.1. The molecule has 0 radical (unpaired) electrons. The Morgan fingerprint density at radius 2 is 1.56 bits per heavy atom. The highest BCUT2D eigenvalue weighted by atomic mass is 16.2. The molecule has 0 spiro atoms. The van der Waals surface area contributed by atoms with E-state index in [1.165, 1.54) is 5.56 Å². The summed E-state index contributed by atoms with van der Waals surface area (Å²) in [6.07, 6.45) is 4.54. The minimum Gasteiger partial charge on any atom is -0.342 e. The first-order valence-corrected chi connectivity index (χ1v) is 8.70. The molecular weight excluding hydrogens is 308 g/mol. The van der Waals surface area contributed by atoms with E-state index in [2.05, 4.69) is 43.4 Å². The van der Waals surface area contributed by atoms with Crippen molar-refractivity contribution in [2.75, 3.05) is 5.32 Å². The predicted molar refractivity (Wildman–Crippen MR) is 103 cm³/mol. The molecule has 0 saturated heterocycles. The highest BCUT2D eigenvalue weighted by Crippen LogP contribution is 2.20. The Bertz CT molecular complexity index is 790. The smallest absolute Gasteiger partial charge is 0.247 e. The largest absolute Gasteiger partial charge is 0.342 e. The van der Waals surface area contributed by atoms with Crippen LogP contribution in [0.15, 0.2) is 79.1 Å². The van der Waals surface area contributed by atoms with Crippen molar-refractivity contribution in [1.29, 1.82) is 0 Å². The van der Waals surface area contributed by atoms with Crippen LogP contribution in [-0.2, 0) is 11.2 Å². The van der Waals surface area contributed by atoms with E-state index < -0.39 is 0 Å². The Hall–Kier alpha value is -2.81. The van der Waals surface area contributed by atoms with E-state index in [-0.39, 0.29) is 11.9 Å². The fourth-order valence-electron chi connectivity index (χ4n) is 2.90. The topological polar surface area (TPSA) is 34.0 Å². The highest BCUT2D eigenvalue weighted by Gasteiger charge is 2.20. The zero-order chi connectivity index (χ0) is 17.6. The molecule has 0 bridgehead atoms. The number of hydrogen-bond donors (Lipinski definition) is 1. The van der Waals surface area contributed by atoms with Crippen LogP contribution >= 0.6 is 0 Å². The maximum atomic E-state index is 12.9. The number of hydrogen-bond acceptors (Lipinski definition) is 1. The second-order valence-corrected chi connectivity index (χ2v) is 6.60. The van der Waals surface area contributed by atoms with Crippen LogP contribution in [0.25, 0.3) is 0 Å². The van der Waals surface area contributed by atoms with Gasteiger partial charge in [0.05, 0.1) is 0 Å². The summed E-state index contributed by atoms with van der Waals surface area (Å²) in [6.45, 7) is 4.32. The van der Waals surface area contributed by atoms with E-state index >= 15 is 0 Å². The zero-order valence-electron chi connectivity index (χ0n) is 14.7. The van der Waals surface area contributed by atoms with Crippen LogP contribution in [0, 0.1) is 0 Å². The molecular formula is C22H24N2O. The summed E-state index contributed by atoms with van der Waals surface area (Å²) >= 11 is 0. The lowest BCUT2D eigenvalue weighted by Crippen LogP contribution is -2.27. The molecule has 1 heterocycles. The van der Waals surface area contributed by atoms with Crippen molar-refractivity contribution in [3.8, 4) is 0 Å². The van der Waals surface area contributed by atoms with Gasteiger partial charge in [0, 0.05) is 24.5 Å². The standard InChI is InChI=1S/C22H24N2O/c1-17(2)19-10-12-20(13-11-19)23-22(25)21(24-14-6-7-15-24)16-18-8-4-3-5-9-18/h3-15,17,21H,16H2,1-2H3,(H,23,25)/t21-/m1/s1. The zero-order valence-corrected chi connectivity index (χ0v) is 14.7. The molecule has 0 aliphatic rings. The second-order valence-electron chi connectivity index (χ2n) is 6.60. The van der Waals surface area contributed by atoms with Crippen molar-refractivity contribution in [2.24, 2.45) is 0 Å². The molecule has 0 saturated carbocycles. The van der Waals surface area contributed by atoms with Gasteiger partial charge in [-0.25, -0.2) is 0 Å². The Morgan fingerprint density at radius 3 is 2.16 bits per heavy atom. The minimum atomic E-state index is -0.276. The van der Waals surface area contributed by atoms with Crippen LogP contribution in [0.3, 0.4) is 0 Å². The first-order valence-electron chi connectivity index (χ1n) is 8.70. The summed E-state index contributed by atoms with van der Waals surface area (Å²) in [5.41, 5.74) is 3.25. The molecule has 128 valence electrons. The van der Waals surface area contributed by atoms with Gasteiger partial charge in [0.15, 0.2) is 0 Å². The third kappa shape index (κ3) is 4.38. The number of carbonyl (C=O) groups excluding carboxylic acids is 1. The molecule has 1 aromatic heterocycles. The number of anilines is 1. The van der Waals surface area contributed by atoms with Crippen LogP contribution in [0.5, 0.6) is 0 Å². The summed E-state index contributed by atoms with van der Waals surface area (Å²) in [5, 5.41) is 3.06. The third-order valence-corrected chi connectivity index (χ3v) is 4.41. The molecule has 0 aliphatic carbocycles. The predicted octanol–water partition coefficient (Wildman–Crippen LogP) is 5.03. The van der Waals surface area contributed by atoms with Gasteiger partial charge in [0.1, 0.15) is 6.04 Å². The number of amides is 1. The molecule has 1 atom stereocenters. The van der Waals surface area contributed by atoms with Crippen LogP contribution in [-0.4, -0.2) is 10.5 Å². The van der Waals surface area contributed by atoms with Gasteiger partial charge in [-0.3, -0.25) is 4.79 Å². The van der Waals surface area contributed by atoms with Crippen LogP contribution in [0.2, 0.25) is 0 Å². The van der Waals surface area contributed by atoms with Gasteiger partial charge in [-0.15, -0.1) is 0 Å². The highest BCUT2D eigenvalue weighted by molar-refractivity contribution is 5.94. The number of carbonyl (C=O) groups is 1. The molecule has 0 unspecified atom stereocenters. The van der Waals surface area contributed by atoms with Crippen LogP contribution in [0.4, 0.5) is 5.69 Å². The first kappa shape index (κ1) is 17.0. The quantitative estimate of drug-likeness (QED) is 0.674. The van der Waals surface area contributed by atoms with E-state index in [1.54, 1.807) is 0 Å². The van der Waals surface area contributed by atoms with Gasteiger partial charge in [-0.1, -0.05) is 56.3 Å². The summed E-state index contributed by atoms with van der Waals surface area (Å²) in [5.74, 6) is 0.479. The molecule has 3 heteroatoms. The van der Waals surface area contributed by atoms with Crippen molar-refractivity contribution in [2.45, 2.75) is 32.2 Å². The Morgan fingerprint density at radius 1 is 0.920 bits per heavy atom. The van der Waals surface area contributed by atoms with Gasteiger partial charge in [0.25, 0.3) is 0 Å². The summed E-state index contributed by atoms with van der Waals surface area (Å²) in [4.78, 5) is 12.9. The summed E-state index contributed by atoms with van der Waals surface area (Å²) in [7, 11) is 0. The second kappa shape index (κ2) is 7.84. The van der Waals surface area contributed by atoms with E-state index in [1.807, 2.05) is 59.4 Å². The molecule has 3 aromatic rings. The lowest BCUT2D eigenvalue weighted by molar-refractivity contribution is -0.119. The Labute approximate surface area is 149 Å². The molecule has 0 fully saturated rings. The number of rotatable bonds is 6. The average molecular weight is 332 g/mol. The van der Waals surface area contributed by atoms with Crippen molar-refractivity contribution in [1.82, 2.24) is 4.57 Å². The minimum absolute atomic E-state index is 0.00245. The maximum absolute atomic E-state index is 12.9. The number of benzene rings is 2. The van der Waals surface area contributed by atoms with E-state index in [9.17, 15) is 4.79 Å². The average Bonchev–Trinajstić information content (AvgIpc) is 3.15. The van der Waals surface area contributed by atoms with E-state index in [0.717, 1.165) is 11.3 Å². The fraction of sp³-hybridized carbons (Fsp3) is 0.227. The molecule has 2 aromatic carbocycles. The lowest BCUT2D eigenvalue weighted by atomic mass is 10.0. The van der Waals surface area contributed by atoms with Crippen molar-refractivity contribution in [3.63, 3.8) is 0 Å². The Balaban J connectivity index is 1.77. The fourth-order valence-corrected chi connectivity index (χ4v) is 2.90. The van der Waals surface area contributed by atoms with Crippen molar-refractivity contribution < 1.29 is 4.79 Å². The van der Waals surface area contributed by atoms with Crippen LogP contribution in [0.1, 0.15) is 36.9 Å². The monoisotopic (exact) mass is 332 g/mol.